The van der Waals surface area contributed by atoms with E-state index in [1.807, 2.05) is 20.8 Å². The SMILES string of the molecule is C[C@H]1[C@@H](OCCNC(=NCCO[C@@H]2O[C@]3(C)O[C@]4(C)CC[C@H]5[C@H](C)CC[C@@H]([C@H]2C)C53OO4)Nc2ccc(OC(F)(F)F)cc2)O[C@@H]2O[C@]3(C)CC[C@H]4[C@H](C)CC[C@@H]1C24OO3. The quantitative estimate of drug-likeness (QED) is 0.103. The lowest BCUT2D eigenvalue weighted by atomic mass is 9.55. The van der Waals surface area contributed by atoms with Gasteiger partial charge in [0.1, 0.15) is 5.75 Å². The molecule has 2 unspecified atom stereocenters. The second-order valence-electron chi connectivity index (χ2n) is 19.2. The smallest absolute Gasteiger partial charge is 0.406 e. The largest absolute Gasteiger partial charge is 0.573 e. The highest BCUT2D eigenvalue weighted by Gasteiger charge is 2.75. The number of anilines is 1. The van der Waals surface area contributed by atoms with Gasteiger partial charge in [0.25, 0.3) is 0 Å². The van der Waals surface area contributed by atoms with Crippen LogP contribution in [0.2, 0.25) is 0 Å². The fourth-order valence-corrected chi connectivity index (χ4v) is 12.3. The molecule has 8 heterocycles. The Morgan fingerprint density at radius 3 is 2.18 bits per heavy atom. The molecular weight excluding hydrogens is 791 g/mol. The van der Waals surface area contributed by atoms with E-state index in [0.29, 0.717) is 36.4 Å². The number of alkyl halides is 3. The molecule has 1 aromatic carbocycles. The molecule has 16 atom stereocenters. The van der Waals surface area contributed by atoms with Crippen molar-refractivity contribution in [2.45, 2.75) is 154 Å². The van der Waals surface area contributed by atoms with Crippen LogP contribution in [0, 0.1) is 47.3 Å². The van der Waals surface area contributed by atoms with Crippen LogP contribution in [-0.4, -0.2) is 86.1 Å². The molecule has 0 radical (unpaired) electrons. The van der Waals surface area contributed by atoms with Crippen LogP contribution in [0.5, 0.6) is 5.75 Å². The number of rotatable bonds is 10. The summed E-state index contributed by atoms with van der Waals surface area (Å²) >= 11 is 0. The first-order valence-corrected chi connectivity index (χ1v) is 22.1. The molecule has 10 aliphatic rings. The van der Waals surface area contributed by atoms with E-state index in [4.69, 9.17) is 53.0 Å². The zero-order valence-corrected chi connectivity index (χ0v) is 35.7. The van der Waals surface area contributed by atoms with Gasteiger partial charge in [-0.25, -0.2) is 19.6 Å². The summed E-state index contributed by atoms with van der Waals surface area (Å²) in [7, 11) is 0. The summed E-state index contributed by atoms with van der Waals surface area (Å²) in [4.78, 5) is 29.4. The van der Waals surface area contributed by atoms with Crippen molar-refractivity contribution < 1.29 is 65.9 Å². The molecule has 10 fully saturated rings. The van der Waals surface area contributed by atoms with Crippen LogP contribution in [0.1, 0.15) is 99.8 Å². The molecule has 2 N–H and O–H groups in total. The van der Waals surface area contributed by atoms with Gasteiger partial charge in [-0.15, -0.1) is 13.2 Å². The molecule has 336 valence electrons. The number of ether oxygens (including phenoxy) is 7. The fourth-order valence-electron chi connectivity index (χ4n) is 12.3. The van der Waals surface area contributed by atoms with Gasteiger partial charge < -0.3 is 43.8 Å². The highest BCUT2D eigenvalue weighted by Crippen LogP contribution is 2.65. The number of aliphatic imine (C=N–C) groups is 1. The van der Waals surface area contributed by atoms with Gasteiger partial charge in [0.05, 0.1) is 19.8 Å². The molecule has 2 spiro atoms. The maximum absolute atomic E-state index is 12.9. The van der Waals surface area contributed by atoms with Crippen LogP contribution in [0.4, 0.5) is 18.9 Å². The summed E-state index contributed by atoms with van der Waals surface area (Å²) in [5.41, 5.74) is -0.925. The summed E-state index contributed by atoms with van der Waals surface area (Å²) in [6.45, 7) is 15.7. The lowest BCUT2D eigenvalue weighted by Gasteiger charge is -2.64. The van der Waals surface area contributed by atoms with E-state index < -0.39 is 53.8 Å². The molecule has 11 rings (SSSR count). The summed E-state index contributed by atoms with van der Waals surface area (Å²) in [6.07, 6.45) is 0.838. The van der Waals surface area contributed by atoms with Crippen LogP contribution in [0.25, 0.3) is 0 Å². The molecule has 17 heteroatoms. The van der Waals surface area contributed by atoms with Crippen LogP contribution < -0.4 is 15.4 Å². The van der Waals surface area contributed by atoms with E-state index >= 15 is 0 Å². The summed E-state index contributed by atoms with van der Waals surface area (Å²) < 4.78 is 82.0. The summed E-state index contributed by atoms with van der Waals surface area (Å²) in [5.74, 6) is -1.25. The Labute approximate surface area is 349 Å². The van der Waals surface area contributed by atoms with Crippen LogP contribution in [-0.2, 0) is 48.0 Å². The Bertz CT molecular complexity index is 1750. The first-order valence-electron chi connectivity index (χ1n) is 22.1. The van der Waals surface area contributed by atoms with Gasteiger partial charge >= 0.3 is 6.36 Å². The summed E-state index contributed by atoms with van der Waals surface area (Å²) in [6, 6.07) is 5.46. The maximum Gasteiger partial charge on any atom is 0.573 e. The minimum Gasteiger partial charge on any atom is -0.406 e. The average Bonchev–Trinajstić information content (AvgIpc) is 3.55. The van der Waals surface area contributed by atoms with Crippen molar-refractivity contribution in [2.24, 2.45) is 52.3 Å². The van der Waals surface area contributed by atoms with Gasteiger partial charge in [0, 0.05) is 48.7 Å². The van der Waals surface area contributed by atoms with Crippen LogP contribution in [0.3, 0.4) is 0 Å². The highest BCUT2D eigenvalue weighted by atomic mass is 19.4. The Morgan fingerprint density at radius 1 is 0.750 bits per heavy atom. The maximum atomic E-state index is 12.9. The monoisotopic (exact) mass is 853 g/mol. The molecule has 8 aliphatic heterocycles. The number of hydrogen-bond acceptors (Lipinski definition) is 12. The number of hydrogen-bond donors (Lipinski definition) is 2. The van der Waals surface area contributed by atoms with E-state index in [9.17, 15) is 13.2 Å². The molecule has 2 aliphatic carbocycles. The summed E-state index contributed by atoms with van der Waals surface area (Å²) in [5, 5.41) is 6.50. The number of nitrogens with zero attached hydrogens (tertiary/aromatic N) is 1. The molecule has 4 bridgehead atoms. The molecule has 0 aromatic heterocycles. The van der Waals surface area contributed by atoms with Crippen LogP contribution >= 0.6 is 0 Å². The number of halogens is 3. The lowest BCUT2D eigenvalue weighted by Crippen LogP contribution is -2.76. The van der Waals surface area contributed by atoms with Crippen molar-refractivity contribution in [3.63, 3.8) is 0 Å². The second kappa shape index (κ2) is 15.7. The topological polar surface area (TPSA) is 138 Å². The predicted molar refractivity (Wildman–Crippen MR) is 207 cm³/mol. The molecule has 14 nitrogen and oxygen atoms in total. The van der Waals surface area contributed by atoms with Crippen LogP contribution in [0.15, 0.2) is 29.3 Å². The lowest BCUT2D eigenvalue weighted by molar-refractivity contribution is -0.605. The number of fused-ring (bicyclic) bond motifs is 4. The molecule has 60 heavy (non-hydrogen) atoms. The standard InChI is InChI=1S/C43H62F3N3O11/c1-24-8-14-32-26(3)34(52-36-41(32)30(24)16-18-38(5,55-36)57-59-41)50-22-20-47-37(49-28-10-12-29(13-11-28)53-43(44,45)46)48-21-23-51-35-27(4)33-15-9-25(2)31-17-19-39(6)56-40(7,54-35)42(31,33)60-58-39/h10-13,24-27,30-36H,8-9,14-23H2,1-7H3,(H2,47,48,49)/t24-,25-,26-,27-,30+,31+,32+,33+,34+,35-,36-,38+,39+,40-,41?,42?/m1/s1. The van der Waals surface area contributed by atoms with Crippen molar-refractivity contribution in [2.75, 3.05) is 31.6 Å². The van der Waals surface area contributed by atoms with E-state index in [1.54, 1.807) is 0 Å². The van der Waals surface area contributed by atoms with E-state index in [0.717, 1.165) is 44.9 Å². The predicted octanol–water partition coefficient (Wildman–Crippen LogP) is 7.78. The van der Waals surface area contributed by atoms with E-state index in [1.165, 1.54) is 24.3 Å². The Balaban J connectivity index is 0.855. The minimum atomic E-state index is -4.80. The molecular formula is C43H62F3N3O11. The molecule has 8 saturated heterocycles. The molecule has 1 aromatic rings. The van der Waals surface area contributed by atoms with Gasteiger partial charge in [0.15, 0.2) is 36.0 Å². The minimum absolute atomic E-state index is 0.0108. The average molecular weight is 854 g/mol. The fraction of sp³-hybridized carbons (Fsp3) is 0.837. The second-order valence-corrected chi connectivity index (χ2v) is 19.2. The van der Waals surface area contributed by atoms with Crippen molar-refractivity contribution in [3.05, 3.63) is 24.3 Å². The highest BCUT2D eigenvalue weighted by molar-refractivity contribution is 5.93. The molecule has 2 saturated carbocycles. The van der Waals surface area contributed by atoms with Gasteiger partial charge in [0.2, 0.25) is 17.4 Å². The van der Waals surface area contributed by atoms with Gasteiger partial charge in [-0.1, -0.05) is 27.7 Å². The Kier molecular flexibility index (Phi) is 11.3. The van der Waals surface area contributed by atoms with Crippen molar-refractivity contribution in [1.82, 2.24) is 5.32 Å². The van der Waals surface area contributed by atoms with Gasteiger partial charge in [-0.05, 0) is 107 Å². The third-order valence-corrected chi connectivity index (χ3v) is 15.3. The number of guanidine groups is 1. The van der Waals surface area contributed by atoms with E-state index in [-0.39, 0.29) is 61.0 Å². The van der Waals surface area contributed by atoms with E-state index in [2.05, 4.69) is 43.1 Å². The third kappa shape index (κ3) is 7.43. The normalized spacial score (nSPS) is 47.1. The Morgan fingerprint density at radius 2 is 1.42 bits per heavy atom. The first-order chi connectivity index (χ1) is 28.5. The molecule has 0 amide bonds. The number of nitrogens with one attached hydrogen (secondary N) is 2. The number of benzene rings is 1. The van der Waals surface area contributed by atoms with Crippen molar-refractivity contribution >= 4 is 11.6 Å². The van der Waals surface area contributed by atoms with Gasteiger partial charge in [-0.2, -0.15) is 0 Å². The van der Waals surface area contributed by atoms with Crippen molar-refractivity contribution in [3.8, 4) is 5.75 Å². The first kappa shape index (κ1) is 43.0. The third-order valence-electron chi connectivity index (χ3n) is 15.3. The zero-order chi connectivity index (χ0) is 42.3. The zero-order valence-electron chi connectivity index (χ0n) is 35.7. The van der Waals surface area contributed by atoms with Gasteiger partial charge in [-0.3, -0.25) is 4.99 Å². The Hall–Kier alpha value is -2.32. The van der Waals surface area contributed by atoms with Crippen molar-refractivity contribution in [1.29, 1.82) is 0 Å².